The predicted octanol–water partition coefficient (Wildman–Crippen LogP) is 1.19. The van der Waals surface area contributed by atoms with Gasteiger partial charge in [-0.15, -0.1) is 23.4 Å². The molecule has 0 saturated carbocycles. The minimum Gasteiger partial charge on any atom is -0.388 e. The number of ether oxygens (including phenoxy) is 1. The second-order valence-electron chi connectivity index (χ2n) is 8.67. The summed E-state index contributed by atoms with van der Waals surface area (Å²) < 4.78 is 46.7. The lowest BCUT2D eigenvalue weighted by molar-refractivity contribution is -0.201. The van der Waals surface area contributed by atoms with Crippen molar-refractivity contribution in [3.8, 4) is 0 Å². The van der Waals surface area contributed by atoms with Gasteiger partial charge in [-0.2, -0.15) is 0 Å². The summed E-state index contributed by atoms with van der Waals surface area (Å²) in [6, 6.07) is -1.55. The zero-order valence-electron chi connectivity index (χ0n) is 18.9. The molecular formula is C19H34ClF2N2O8PS. The smallest absolute Gasteiger partial charge is 0.388 e. The maximum absolute atomic E-state index is 13.0. The van der Waals surface area contributed by atoms with Crippen LogP contribution in [0, 0.1) is 5.92 Å². The van der Waals surface area contributed by atoms with Crippen molar-refractivity contribution in [1.82, 2.24) is 10.6 Å². The number of aliphatic hydroxyl groups is 2. The normalized spacial score (nSPS) is 34.9. The van der Waals surface area contributed by atoms with Crippen LogP contribution in [0.3, 0.4) is 0 Å². The number of aliphatic hydroxyl groups excluding tert-OH is 2. The number of thioether (sulfide) groups is 1. The highest BCUT2D eigenvalue weighted by Gasteiger charge is 2.51. The molecule has 0 bridgehead atoms. The van der Waals surface area contributed by atoms with Gasteiger partial charge in [0.2, 0.25) is 12.3 Å². The van der Waals surface area contributed by atoms with Gasteiger partial charge in [-0.3, -0.25) is 9.32 Å². The van der Waals surface area contributed by atoms with Gasteiger partial charge >= 0.3 is 7.82 Å². The van der Waals surface area contributed by atoms with Crippen molar-refractivity contribution in [2.75, 3.05) is 12.8 Å². The van der Waals surface area contributed by atoms with Crippen LogP contribution in [0.4, 0.5) is 8.78 Å². The van der Waals surface area contributed by atoms with Gasteiger partial charge in [0, 0.05) is 6.42 Å². The highest BCUT2D eigenvalue weighted by atomic mass is 35.5. The molecule has 6 N–H and O–H groups in total. The number of carbonyl (C=O) groups is 1. The van der Waals surface area contributed by atoms with Crippen molar-refractivity contribution in [3.63, 3.8) is 0 Å². The summed E-state index contributed by atoms with van der Waals surface area (Å²) in [6.45, 7) is 2.06. The zero-order chi connectivity index (χ0) is 25.6. The van der Waals surface area contributed by atoms with Crippen LogP contribution in [0.5, 0.6) is 0 Å². The molecule has 0 spiro atoms. The van der Waals surface area contributed by atoms with Crippen LogP contribution in [-0.4, -0.2) is 92.4 Å². The van der Waals surface area contributed by atoms with Gasteiger partial charge in [0.1, 0.15) is 29.9 Å². The summed E-state index contributed by atoms with van der Waals surface area (Å²) >= 11 is 7.30. The van der Waals surface area contributed by atoms with E-state index in [2.05, 4.69) is 15.2 Å². The average Bonchev–Trinajstić information content (AvgIpc) is 2.99. The monoisotopic (exact) mass is 554 g/mol. The molecule has 0 aromatic carbocycles. The molecule has 15 heteroatoms. The van der Waals surface area contributed by atoms with E-state index in [1.54, 1.807) is 13.2 Å². The number of halogens is 3. The van der Waals surface area contributed by atoms with Gasteiger partial charge in [0.25, 0.3) is 0 Å². The summed E-state index contributed by atoms with van der Waals surface area (Å²) in [4.78, 5) is 31.2. The van der Waals surface area contributed by atoms with Gasteiger partial charge in [0.15, 0.2) is 0 Å². The molecule has 0 aliphatic carbocycles. The van der Waals surface area contributed by atoms with E-state index in [1.807, 2.05) is 0 Å². The Hall–Kier alpha value is -0.0800. The van der Waals surface area contributed by atoms with Crippen molar-refractivity contribution in [2.45, 2.75) is 92.8 Å². The molecule has 1 amide bonds. The quantitative estimate of drug-likeness (QED) is 0.171. The molecule has 9 atom stereocenters. The first-order valence-corrected chi connectivity index (χ1v) is 14.3. The number of alkyl halides is 3. The van der Waals surface area contributed by atoms with Crippen LogP contribution in [0.2, 0.25) is 0 Å². The summed E-state index contributed by atoms with van der Waals surface area (Å²) in [5.74, 6) is -0.319. The lowest BCUT2D eigenvalue weighted by atomic mass is 9.92. The van der Waals surface area contributed by atoms with Crippen LogP contribution in [0.15, 0.2) is 0 Å². The van der Waals surface area contributed by atoms with Crippen LogP contribution in [-0.2, 0) is 18.6 Å². The SMILES string of the molecule is CSC1OC(C(NC(=O)C2CCC(CCC(F)F)CCN2)C(C)Cl)C(O)C(O)C1OP(=O)(O)O. The van der Waals surface area contributed by atoms with Gasteiger partial charge in [0.05, 0.1) is 17.5 Å². The second kappa shape index (κ2) is 13.5. The van der Waals surface area contributed by atoms with E-state index >= 15 is 0 Å². The molecule has 0 aromatic heterocycles. The summed E-state index contributed by atoms with van der Waals surface area (Å²) in [7, 11) is -4.98. The molecule has 200 valence electrons. The Morgan fingerprint density at radius 2 is 1.97 bits per heavy atom. The van der Waals surface area contributed by atoms with Crippen LogP contribution in [0.1, 0.15) is 39.0 Å². The largest absolute Gasteiger partial charge is 0.470 e. The number of carbonyl (C=O) groups excluding carboxylic acids is 1. The topological polar surface area (TPSA) is 158 Å². The Morgan fingerprint density at radius 3 is 2.53 bits per heavy atom. The molecule has 9 unspecified atom stereocenters. The number of rotatable bonds is 10. The molecule has 2 aliphatic heterocycles. The average molecular weight is 555 g/mol. The molecule has 2 heterocycles. The Bertz CT molecular complexity index is 707. The fourth-order valence-corrected chi connectivity index (χ4v) is 5.89. The van der Waals surface area contributed by atoms with E-state index < -0.39 is 67.5 Å². The third kappa shape index (κ3) is 8.79. The number of amides is 1. The first-order chi connectivity index (χ1) is 15.8. The molecule has 2 aliphatic rings. The van der Waals surface area contributed by atoms with Gasteiger partial charge in [-0.1, -0.05) is 0 Å². The van der Waals surface area contributed by atoms with Crippen molar-refractivity contribution in [2.24, 2.45) is 5.92 Å². The van der Waals surface area contributed by atoms with Gasteiger partial charge < -0.3 is 35.4 Å². The van der Waals surface area contributed by atoms with Crippen LogP contribution in [0.25, 0.3) is 0 Å². The summed E-state index contributed by atoms with van der Waals surface area (Å²) in [6.07, 6.45) is -4.92. The molecule has 0 radical (unpaired) electrons. The third-order valence-corrected chi connectivity index (χ3v) is 7.78. The number of phosphoric ester groups is 1. The van der Waals surface area contributed by atoms with Gasteiger partial charge in [-0.25, -0.2) is 13.3 Å². The van der Waals surface area contributed by atoms with Crippen LogP contribution < -0.4 is 10.6 Å². The molecular weight excluding hydrogens is 521 g/mol. The molecule has 2 saturated heterocycles. The summed E-state index contributed by atoms with van der Waals surface area (Å²) in [5, 5.41) is 26.3. The second-order valence-corrected chi connectivity index (χ2v) is 11.5. The maximum Gasteiger partial charge on any atom is 0.470 e. The van der Waals surface area contributed by atoms with Crippen molar-refractivity contribution >= 4 is 37.1 Å². The standard InChI is InChI=1S/C19H34ClF2N2O8PS/c1-9(20)13(16-14(25)15(26)17(19(31-16)34-2)32-33(28,29)30)24-18(27)11-5-3-10(7-8-23-11)4-6-12(21)22/h9-17,19,23,25-26H,3-8H2,1-2H3,(H,24,27)(H2,28,29,30). The van der Waals surface area contributed by atoms with E-state index in [-0.39, 0.29) is 12.3 Å². The molecule has 2 fully saturated rings. The molecule has 34 heavy (non-hydrogen) atoms. The lowest BCUT2D eigenvalue weighted by Crippen LogP contribution is -2.65. The minimum atomic E-state index is -4.98. The Kier molecular flexibility index (Phi) is 11.9. The van der Waals surface area contributed by atoms with Crippen molar-refractivity contribution in [3.05, 3.63) is 0 Å². The highest BCUT2D eigenvalue weighted by molar-refractivity contribution is 7.99. The Labute approximate surface area is 206 Å². The zero-order valence-corrected chi connectivity index (χ0v) is 21.4. The van der Waals surface area contributed by atoms with E-state index in [1.165, 1.54) is 0 Å². The van der Waals surface area contributed by atoms with Crippen molar-refractivity contribution < 1.29 is 47.4 Å². The number of nitrogens with one attached hydrogen (secondary N) is 2. The predicted molar refractivity (Wildman–Crippen MR) is 123 cm³/mol. The number of hydrogen-bond donors (Lipinski definition) is 6. The molecule has 10 nitrogen and oxygen atoms in total. The van der Waals surface area contributed by atoms with E-state index in [0.717, 1.165) is 11.8 Å². The minimum absolute atomic E-state index is 0.0917. The Balaban J connectivity index is 2.06. The number of phosphoric acid groups is 1. The highest BCUT2D eigenvalue weighted by Crippen LogP contribution is 2.43. The third-order valence-electron chi connectivity index (χ3n) is 6.15. The van der Waals surface area contributed by atoms with E-state index in [4.69, 9.17) is 26.1 Å². The first kappa shape index (κ1) is 30.1. The summed E-state index contributed by atoms with van der Waals surface area (Å²) in [5.41, 5.74) is -1.06. The first-order valence-electron chi connectivity index (χ1n) is 11.1. The molecule has 2 rings (SSSR count). The van der Waals surface area contributed by atoms with E-state index in [9.17, 15) is 28.4 Å². The Morgan fingerprint density at radius 1 is 1.29 bits per heavy atom. The fraction of sp³-hybridized carbons (Fsp3) is 0.947. The maximum atomic E-state index is 13.0. The van der Waals surface area contributed by atoms with E-state index in [0.29, 0.717) is 32.2 Å². The number of hydrogen-bond acceptors (Lipinski definition) is 8. The van der Waals surface area contributed by atoms with Crippen LogP contribution >= 0.6 is 31.2 Å². The van der Waals surface area contributed by atoms with Gasteiger partial charge in [-0.05, 0) is 51.3 Å². The molecule has 0 aromatic rings. The van der Waals surface area contributed by atoms with Crippen molar-refractivity contribution in [1.29, 1.82) is 0 Å². The lowest BCUT2D eigenvalue weighted by Gasteiger charge is -2.45. The fourth-order valence-electron chi connectivity index (χ4n) is 4.33.